The van der Waals surface area contributed by atoms with Crippen molar-refractivity contribution in [1.29, 1.82) is 0 Å². The molecule has 0 aliphatic heterocycles. The van der Waals surface area contributed by atoms with Crippen LogP contribution in [-0.2, 0) is 12.6 Å². The average molecular weight is 279 g/mol. The molecule has 1 aliphatic carbocycles. The maximum atomic E-state index is 6.40. The number of aryl methyl sites for hydroxylation is 1. The van der Waals surface area contributed by atoms with Crippen molar-refractivity contribution in [2.75, 3.05) is 0 Å². The topological polar surface area (TPSA) is 30.9 Å². The van der Waals surface area contributed by atoms with E-state index in [9.17, 15) is 0 Å². The number of para-hydroxylation sites is 1. The molecule has 1 aliphatic rings. The van der Waals surface area contributed by atoms with E-state index in [0.29, 0.717) is 0 Å². The molecule has 2 nitrogen and oxygen atoms in total. The molecule has 1 aromatic heterocycles. The van der Waals surface area contributed by atoms with Gasteiger partial charge in [0, 0.05) is 22.6 Å². The van der Waals surface area contributed by atoms with Crippen LogP contribution in [0.1, 0.15) is 25.0 Å². The molecule has 1 fully saturated rings. The van der Waals surface area contributed by atoms with Gasteiger partial charge < -0.3 is 10.3 Å². The quantitative estimate of drug-likeness (QED) is 0.853. The van der Waals surface area contributed by atoms with Gasteiger partial charge in [0.05, 0.1) is 11.1 Å². The Balaban J connectivity index is 2.27. The number of nitrogens with two attached hydrogens (primary N) is 1. The van der Waals surface area contributed by atoms with Gasteiger partial charge in [0.25, 0.3) is 0 Å². The number of fused-ring (bicyclic) bond motifs is 1. The molecule has 16 heavy (non-hydrogen) atoms. The largest absolute Gasteiger partial charge is 0.345 e. The first-order valence-corrected chi connectivity index (χ1v) is 6.44. The first-order chi connectivity index (χ1) is 7.62. The van der Waals surface area contributed by atoms with Gasteiger partial charge in [-0.25, -0.2) is 0 Å². The second-order valence-electron chi connectivity index (χ2n) is 4.78. The second kappa shape index (κ2) is 3.34. The van der Waals surface area contributed by atoms with Crippen LogP contribution in [0.3, 0.4) is 0 Å². The van der Waals surface area contributed by atoms with E-state index in [2.05, 4.69) is 51.8 Å². The first kappa shape index (κ1) is 10.4. The van der Waals surface area contributed by atoms with Crippen LogP contribution in [0.4, 0.5) is 0 Å². The summed E-state index contributed by atoms with van der Waals surface area (Å²) in [5, 5.41) is 1.27. The monoisotopic (exact) mass is 278 g/mol. The number of nitrogens with zero attached hydrogens (tertiary/aromatic N) is 1. The lowest BCUT2D eigenvalue weighted by molar-refractivity contribution is 0.241. The van der Waals surface area contributed by atoms with E-state index in [1.807, 2.05) is 0 Å². The molecule has 0 spiro atoms. The normalized spacial score (nSPS) is 18.7. The lowest BCUT2D eigenvalue weighted by Gasteiger charge is -2.38. The van der Waals surface area contributed by atoms with Crippen LogP contribution in [0.2, 0.25) is 0 Å². The molecular weight excluding hydrogens is 264 g/mol. The summed E-state index contributed by atoms with van der Waals surface area (Å²) < 4.78 is 3.38. The van der Waals surface area contributed by atoms with Crippen LogP contribution >= 0.6 is 15.9 Å². The van der Waals surface area contributed by atoms with Gasteiger partial charge in [0.1, 0.15) is 0 Å². The predicted molar refractivity (Wildman–Crippen MR) is 70.3 cm³/mol. The van der Waals surface area contributed by atoms with Crippen molar-refractivity contribution in [3.05, 3.63) is 34.4 Å². The molecule has 3 heteroatoms. The lowest BCUT2D eigenvalue weighted by atomic mass is 9.75. The van der Waals surface area contributed by atoms with Crippen LogP contribution in [-0.4, -0.2) is 4.57 Å². The van der Waals surface area contributed by atoms with Crippen molar-refractivity contribution in [2.24, 2.45) is 12.8 Å². The summed E-state index contributed by atoms with van der Waals surface area (Å²) in [6.07, 6.45) is 3.46. The average Bonchev–Trinajstić information content (AvgIpc) is 2.54. The van der Waals surface area contributed by atoms with Crippen molar-refractivity contribution in [3.63, 3.8) is 0 Å². The summed E-state index contributed by atoms with van der Waals surface area (Å²) in [7, 11) is 2.11. The molecule has 0 unspecified atom stereocenters. The van der Waals surface area contributed by atoms with Gasteiger partial charge in [-0.3, -0.25) is 0 Å². The van der Waals surface area contributed by atoms with Crippen LogP contribution in [0, 0.1) is 0 Å². The number of hydrogen-bond donors (Lipinski definition) is 1. The minimum atomic E-state index is -0.0901. The van der Waals surface area contributed by atoms with Gasteiger partial charge in [-0.1, -0.05) is 12.1 Å². The van der Waals surface area contributed by atoms with Crippen LogP contribution in [0.25, 0.3) is 10.9 Å². The second-order valence-corrected chi connectivity index (χ2v) is 5.63. The highest BCUT2D eigenvalue weighted by molar-refractivity contribution is 9.10. The number of rotatable bonds is 1. The molecule has 2 aromatic rings. The Bertz CT molecular complexity index is 552. The summed E-state index contributed by atoms with van der Waals surface area (Å²) in [5.74, 6) is 0. The zero-order chi connectivity index (χ0) is 11.3. The van der Waals surface area contributed by atoms with Crippen LogP contribution < -0.4 is 5.73 Å². The van der Waals surface area contributed by atoms with Crippen molar-refractivity contribution < 1.29 is 0 Å². The number of hydrogen-bond acceptors (Lipinski definition) is 1. The van der Waals surface area contributed by atoms with E-state index in [0.717, 1.165) is 17.3 Å². The molecule has 0 saturated heterocycles. The van der Waals surface area contributed by atoms with Gasteiger partial charge in [-0.05, 0) is 47.3 Å². The molecule has 0 amide bonds. The van der Waals surface area contributed by atoms with Gasteiger partial charge >= 0.3 is 0 Å². The minimum Gasteiger partial charge on any atom is -0.345 e. The third-order valence-corrected chi connectivity index (χ3v) is 4.40. The highest BCUT2D eigenvalue weighted by Crippen LogP contribution is 2.41. The fraction of sp³-hybridized carbons (Fsp3) is 0.385. The third-order valence-electron chi connectivity index (χ3n) is 3.76. The number of halogens is 1. The number of aromatic nitrogens is 1. The summed E-state index contributed by atoms with van der Waals surface area (Å²) >= 11 is 3.61. The maximum Gasteiger partial charge on any atom is 0.0624 e. The maximum absolute atomic E-state index is 6.40. The molecule has 0 radical (unpaired) electrons. The molecule has 3 rings (SSSR count). The Morgan fingerprint density at radius 1 is 1.38 bits per heavy atom. The van der Waals surface area contributed by atoms with Gasteiger partial charge in [-0.2, -0.15) is 0 Å². The first-order valence-electron chi connectivity index (χ1n) is 5.65. The predicted octanol–water partition coefficient (Wildman–Crippen LogP) is 3.28. The van der Waals surface area contributed by atoms with E-state index < -0.39 is 0 Å². The minimum absolute atomic E-state index is 0.0901. The Hall–Kier alpha value is -0.800. The van der Waals surface area contributed by atoms with Gasteiger partial charge in [-0.15, -0.1) is 0 Å². The Labute approximate surface area is 104 Å². The highest BCUT2D eigenvalue weighted by Gasteiger charge is 2.36. The smallest absolute Gasteiger partial charge is 0.0624 e. The molecular formula is C13H15BrN2. The Kier molecular flexibility index (Phi) is 2.17. The van der Waals surface area contributed by atoms with E-state index in [4.69, 9.17) is 5.73 Å². The van der Waals surface area contributed by atoms with Gasteiger partial charge in [0.2, 0.25) is 0 Å². The van der Waals surface area contributed by atoms with Crippen LogP contribution in [0.5, 0.6) is 0 Å². The summed E-state index contributed by atoms with van der Waals surface area (Å²) in [5.41, 5.74) is 8.82. The Morgan fingerprint density at radius 3 is 2.69 bits per heavy atom. The molecule has 2 N–H and O–H groups in total. The molecule has 1 aromatic carbocycles. The van der Waals surface area contributed by atoms with Crippen molar-refractivity contribution in [1.82, 2.24) is 4.57 Å². The standard InChI is InChI=1S/C13H15BrN2/c1-16-11(13(15)6-3-7-13)8-9-4-2-5-10(14)12(9)16/h2,4-5,8H,3,6-7,15H2,1H3. The third kappa shape index (κ3) is 1.28. The fourth-order valence-electron chi connectivity index (χ4n) is 2.66. The van der Waals surface area contributed by atoms with E-state index in [-0.39, 0.29) is 5.54 Å². The van der Waals surface area contributed by atoms with Crippen molar-refractivity contribution in [2.45, 2.75) is 24.8 Å². The van der Waals surface area contributed by atoms with E-state index in [1.54, 1.807) is 0 Å². The van der Waals surface area contributed by atoms with Crippen molar-refractivity contribution >= 4 is 26.8 Å². The summed E-state index contributed by atoms with van der Waals surface area (Å²) in [4.78, 5) is 0. The van der Waals surface area contributed by atoms with Gasteiger partial charge in [0.15, 0.2) is 0 Å². The summed E-state index contributed by atoms with van der Waals surface area (Å²) in [6, 6.07) is 8.53. The summed E-state index contributed by atoms with van der Waals surface area (Å²) in [6.45, 7) is 0. The lowest BCUT2D eigenvalue weighted by Crippen LogP contribution is -2.44. The number of benzene rings is 1. The SMILES string of the molecule is Cn1c(C2(N)CCC2)cc2cccc(Br)c21. The fourth-order valence-corrected chi connectivity index (χ4v) is 3.31. The van der Waals surface area contributed by atoms with Crippen molar-refractivity contribution in [3.8, 4) is 0 Å². The zero-order valence-electron chi connectivity index (χ0n) is 9.33. The molecule has 84 valence electrons. The molecule has 0 bridgehead atoms. The van der Waals surface area contributed by atoms with E-state index >= 15 is 0 Å². The molecule has 0 atom stereocenters. The highest BCUT2D eigenvalue weighted by atomic mass is 79.9. The van der Waals surface area contributed by atoms with E-state index in [1.165, 1.54) is 23.0 Å². The van der Waals surface area contributed by atoms with Crippen LogP contribution in [0.15, 0.2) is 28.7 Å². The molecule has 1 saturated carbocycles. The Morgan fingerprint density at radius 2 is 2.12 bits per heavy atom. The zero-order valence-corrected chi connectivity index (χ0v) is 10.9. The molecule has 1 heterocycles.